The second kappa shape index (κ2) is 4.78. The lowest BCUT2D eigenvalue weighted by molar-refractivity contribution is 0.410. The summed E-state index contributed by atoms with van der Waals surface area (Å²) >= 11 is 0. The smallest absolute Gasteiger partial charge is 0.132 e. The Morgan fingerprint density at radius 2 is 2.25 bits per heavy atom. The molecule has 1 aromatic heterocycles. The monoisotopic (exact) mass is 220 g/mol. The minimum Gasteiger partial charge on any atom is -0.352 e. The fourth-order valence-electron chi connectivity index (χ4n) is 2.39. The van der Waals surface area contributed by atoms with Crippen LogP contribution in [-0.2, 0) is 0 Å². The summed E-state index contributed by atoms with van der Waals surface area (Å²) in [4.78, 5) is 10.8. The van der Waals surface area contributed by atoms with Crippen LogP contribution < -0.4 is 10.6 Å². The molecule has 0 aromatic carbocycles. The van der Waals surface area contributed by atoms with E-state index in [0.717, 1.165) is 18.1 Å². The van der Waals surface area contributed by atoms with Crippen molar-refractivity contribution in [1.29, 1.82) is 0 Å². The predicted octanol–water partition coefficient (Wildman–Crippen LogP) is 1.49. The number of hydrogen-bond donors (Lipinski definition) is 1. The summed E-state index contributed by atoms with van der Waals surface area (Å²) in [7, 11) is 0. The van der Waals surface area contributed by atoms with E-state index in [1.807, 2.05) is 13.0 Å². The van der Waals surface area contributed by atoms with Gasteiger partial charge in [-0.25, -0.2) is 9.97 Å². The van der Waals surface area contributed by atoms with Crippen LogP contribution in [0.4, 0.5) is 5.82 Å². The SMILES string of the molecule is Cc1cc(N2CCCCC2C(C)N)ncn1. The van der Waals surface area contributed by atoms with Gasteiger partial charge in [0.05, 0.1) is 0 Å². The van der Waals surface area contributed by atoms with E-state index in [1.165, 1.54) is 19.3 Å². The zero-order valence-electron chi connectivity index (χ0n) is 10.1. The Balaban J connectivity index is 2.23. The van der Waals surface area contributed by atoms with Crippen LogP contribution in [-0.4, -0.2) is 28.6 Å². The molecule has 88 valence electrons. The van der Waals surface area contributed by atoms with Gasteiger partial charge in [-0.2, -0.15) is 0 Å². The number of piperidine rings is 1. The first-order valence-electron chi connectivity index (χ1n) is 5.99. The van der Waals surface area contributed by atoms with E-state index in [0.29, 0.717) is 6.04 Å². The van der Waals surface area contributed by atoms with Crippen LogP contribution in [0.25, 0.3) is 0 Å². The molecule has 2 atom stereocenters. The van der Waals surface area contributed by atoms with Crippen LogP contribution in [0, 0.1) is 6.92 Å². The van der Waals surface area contributed by atoms with Crippen LogP contribution in [0.3, 0.4) is 0 Å². The van der Waals surface area contributed by atoms with Crippen molar-refractivity contribution in [3.63, 3.8) is 0 Å². The van der Waals surface area contributed by atoms with E-state index in [2.05, 4.69) is 21.8 Å². The predicted molar refractivity (Wildman–Crippen MR) is 65.4 cm³/mol. The van der Waals surface area contributed by atoms with Gasteiger partial charge in [-0.05, 0) is 33.1 Å². The zero-order chi connectivity index (χ0) is 11.5. The van der Waals surface area contributed by atoms with Crippen LogP contribution in [0.1, 0.15) is 31.9 Å². The van der Waals surface area contributed by atoms with Crippen molar-refractivity contribution in [3.05, 3.63) is 18.1 Å². The van der Waals surface area contributed by atoms with Gasteiger partial charge < -0.3 is 10.6 Å². The molecule has 4 heteroatoms. The van der Waals surface area contributed by atoms with Crippen LogP contribution in [0.5, 0.6) is 0 Å². The highest BCUT2D eigenvalue weighted by Gasteiger charge is 2.26. The Kier molecular flexibility index (Phi) is 3.39. The number of aryl methyl sites for hydroxylation is 1. The maximum absolute atomic E-state index is 6.05. The topological polar surface area (TPSA) is 55.0 Å². The van der Waals surface area contributed by atoms with Crippen molar-refractivity contribution in [1.82, 2.24) is 9.97 Å². The molecule has 1 saturated heterocycles. The fraction of sp³-hybridized carbons (Fsp3) is 0.667. The molecule has 0 radical (unpaired) electrons. The zero-order valence-corrected chi connectivity index (χ0v) is 10.1. The quantitative estimate of drug-likeness (QED) is 0.820. The summed E-state index contributed by atoms with van der Waals surface area (Å²) in [5, 5.41) is 0. The Bertz CT molecular complexity index is 351. The number of nitrogens with two attached hydrogens (primary N) is 1. The summed E-state index contributed by atoms with van der Waals surface area (Å²) in [5.74, 6) is 1.02. The molecule has 0 spiro atoms. The van der Waals surface area contributed by atoms with E-state index >= 15 is 0 Å². The first-order chi connectivity index (χ1) is 7.68. The Labute approximate surface area is 96.9 Å². The van der Waals surface area contributed by atoms with Gasteiger partial charge in [-0.3, -0.25) is 0 Å². The van der Waals surface area contributed by atoms with Gasteiger partial charge in [0.25, 0.3) is 0 Å². The molecule has 2 unspecified atom stereocenters. The summed E-state index contributed by atoms with van der Waals surface area (Å²) < 4.78 is 0. The van der Waals surface area contributed by atoms with Crippen LogP contribution >= 0.6 is 0 Å². The summed E-state index contributed by atoms with van der Waals surface area (Å²) in [6.07, 6.45) is 5.30. The molecule has 1 aliphatic rings. The maximum atomic E-state index is 6.05. The first-order valence-corrected chi connectivity index (χ1v) is 5.99. The standard InChI is InChI=1S/C12H20N4/c1-9-7-12(15-8-14-9)16-6-4-3-5-11(16)10(2)13/h7-8,10-11H,3-6,13H2,1-2H3. The number of hydrogen-bond acceptors (Lipinski definition) is 4. The van der Waals surface area contributed by atoms with Crippen molar-refractivity contribution in [3.8, 4) is 0 Å². The van der Waals surface area contributed by atoms with Gasteiger partial charge in [0, 0.05) is 30.4 Å². The number of nitrogens with zero attached hydrogens (tertiary/aromatic N) is 3. The van der Waals surface area contributed by atoms with Crippen LogP contribution in [0.15, 0.2) is 12.4 Å². The first kappa shape index (κ1) is 11.3. The second-order valence-corrected chi connectivity index (χ2v) is 4.63. The molecule has 0 aliphatic carbocycles. The van der Waals surface area contributed by atoms with Gasteiger partial charge >= 0.3 is 0 Å². The highest BCUT2D eigenvalue weighted by Crippen LogP contribution is 2.24. The fourth-order valence-corrected chi connectivity index (χ4v) is 2.39. The van der Waals surface area contributed by atoms with E-state index in [9.17, 15) is 0 Å². The second-order valence-electron chi connectivity index (χ2n) is 4.63. The lowest BCUT2D eigenvalue weighted by Crippen LogP contribution is -2.49. The summed E-state index contributed by atoms with van der Waals surface area (Å²) in [6.45, 7) is 5.13. The highest BCUT2D eigenvalue weighted by atomic mass is 15.2. The molecule has 2 N–H and O–H groups in total. The van der Waals surface area contributed by atoms with Crippen molar-refractivity contribution < 1.29 is 0 Å². The molecule has 0 saturated carbocycles. The number of anilines is 1. The van der Waals surface area contributed by atoms with E-state index in [4.69, 9.17) is 5.73 Å². The Morgan fingerprint density at radius 1 is 1.44 bits per heavy atom. The molecule has 2 heterocycles. The summed E-state index contributed by atoms with van der Waals surface area (Å²) in [6, 6.07) is 2.65. The molecule has 1 fully saturated rings. The average molecular weight is 220 g/mol. The molecule has 1 aromatic rings. The minimum atomic E-state index is 0.190. The van der Waals surface area contributed by atoms with Gasteiger partial charge in [0.2, 0.25) is 0 Å². The largest absolute Gasteiger partial charge is 0.352 e. The lowest BCUT2D eigenvalue weighted by atomic mass is 9.97. The normalized spacial score (nSPS) is 23.2. The molecule has 4 nitrogen and oxygen atoms in total. The van der Waals surface area contributed by atoms with E-state index in [-0.39, 0.29) is 6.04 Å². The molecule has 1 aliphatic heterocycles. The molecular weight excluding hydrogens is 200 g/mol. The molecule has 2 rings (SSSR count). The van der Waals surface area contributed by atoms with Crippen LogP contribution in [0.2, 0.25) is 0 Å². The third-order valence-corrected chi connectivity index (χ3v) is 3.24. The third-order valence-electron chi connectivity index (χ3n) is 3.24. The van der Waals surface area contributed by atoms with E-state index in [1.54, 1.807) is 6.33 Å². The third kappa shape index (κ3) is 2.32. The van der Waals surface area contributed by atoms with Crippen molar-refractivity contribution in [2.45, 2.75) is 45.2 Å². The molecule has 16 heavy (non-hydrogen) atoms. The Morgan fingerprint density at radius 3 is 2.94 bits per heavy atom. The van der Waals surface area contributed by atoms with Gasteiger partial charge in [-0.15, -0.1) is 0 Å². The van der Waals surface area contributed by atoms with Crippen molar-refractivity contribution in [2.24, 2.45) is 5.73 Å². The van der Waals surface area contributed by atoms with Crippen molar-refractivity contribution in [2.75, 3.05) is 11.4 Å². The van der Waals surface area contributed by atoms with E-state index < -0.39 is 0 Å². The molecule has 0 amide bonds. The number of aromatic nitrogens is 2. The summed E-state index contributed by atoms with van der Waals surface area (Å²) in [5.41, 5.74) is 7.06. The van der Waals surface area contributed by atoms with Crippen molar-refractivity contribution >= 4 is 5.82 Å². The van der Waals surface area contributed by atoms with Gasteiger partial charge in [-0.1, -0.05) is 0 Å². The average Bonchev–Trinajstić information content (AvgIpc) is 2.29. The maximum Gasteiger partial charge on any atom is 0.132 e. The number of rotatable bonds is 2. The van der Waals surface area contributed by atoms with Gasteiger partial charge in [0.15, 0.2) is 0 Å². The molecular formula is C12H20N4. The molecule has 0 bridgehead atoms. The highest BCUT2D eigenvalue weighted by molar-refractivity contribution is 5.41. The lowest BCUT2D eigenvalue weighted by Gasteiger charge is -2.38. The minimum absolute atomic E-state index is 0.190. The van der Waals surface area contributed by atoms with Gasteiger partial charge in [0.1, 0.15) is 12.1 Å². The Hall–Kier alpha value is -1.16.